The quantitative estimate of drug-likeness (QED) is 0.674. The Morgan fingerprint density at radius 2 is 1.93 bits per heavy atom. The zero-order valence-corrected chi connectivity index (χ0v) is 15.5. The van der Waals surface area contributed by atoms with Crippen LogP contribution < -0.4 is 15.6 Å². The first kappa shape index (κ1) is 17.3. The van der Waals surface area contributed by atoms with Gasteiger partial charge in [0.1, 0.15) is 17.1 Å². The molecule has 0 unspecified atom stereocenters. The number of nitrogens with zero attached hydrogens (tertiary/aromatic N) is 2. The average Bonchev–Trinajstić information content (AvgIpc) is 3.02. The molecule has 2 heterocycles. The van der Waals surface area contributed by atoms with Crippen LogP contribution in [-0.4, -0.2) is 22.5 Å². The second-order valence-electron chi connectivity index (χ2n) is 6.81. The van der Waals surface area contributed by atoms with Gasteiger partial charge in [-0.15, -0.1) is 0 Å². The lowest BCUT2D eigenvalue weighted by Gasteiger charge is -2.10. The van der Waals surface area contributed by atoms with Gasteiger partial charge in [0.05, 0.1) is 0 Å². The molecule has 0 saturated carbocycles. The van der Waals surface area contributed by atoms with Crippen LogP contribution in [-0.2, 0) is 17.6 Å². The summed E-state index contributed by atoms with van der Waals surface area (Å²) in [6.07, 6.45) is 4.38. The zero-order valence-electron chi connectivity index (χ0n) is 15.5. The van der Waals surface area contributed by atoms with E-state index in [1.54, 1.807) is 0 Å². The maximum absolute atomic E-state index is 12.0. The first-order valence-corrected chi connectivity index (χ1v) is 9.13. The predicted octanol–water partition coefficient (Wildman–Crippen LogP) is 3.24. The van der Waals surface area contributed by atoms with Gasteiger partial charge in [-0.1, -0.05) is 0 Å². The number of carbonyl (C=O) groups is 1. The van der Waals surface area contributed by atoms with Gasteiger partial charge in [0.15, 0.2) is 6.61 Å². The van der Waals surface area contributed by atoms with E-state index in [1.165, 1.54) is 18.4 Å². The van der Waals surface area contributed by atoms with Crippen LogP contribution in [0.3, 0.4) is 0 Å². The second kappa shape index (κ2) is 7.26. The number of nitrogens with one attached hydrogen (secondary N) is 2. The number of amides is 1. The van der Waals surface area contributed by atoms with Crippen molar-refractivity contribution in [1.82, 2.24) is 15.4 Å². The summed E-state index contributed by atoms with van der Waals surface area (Å²) >= 11 is 0. The number of fused-ring (bicyclic) bond motifs is 3. The van der Waals surface area contributed by atoms with Gasteiger partial charge in [0.25, 0.3) is 5.91 Å². The molecule has 0 fully saturated rings. The van der Waals surface area contributed by atoms with Crippen LogP contribution in [0.15, 0.2) is 28.7 Å². The van der Waals surface area contributed by atoms with Crippen LogP contribution in [0.4, 0.5) is 5.95 Å². The highest BCUT2D eigenvalue weighted by Crippen LogP contribution is 2.33. The summed E-state index contributed by atoms with van der Waals surface area (Å²) in [6, 6.07) is 7.55. The van der Waals surface area contributed by atoms with E-state index in [0.717, 1.165) is 41.0 Å². The molecule has 140 valence electrons. The molecular formula is C20H22N4O3. The number of benzene rings is 1. The number of hydrazine groups is 1. The van der Waals surface area contributed by atoms with Crippen molar-refractivity contribution in [2.45, 2.75) is 39.5 Å². The third kappa shape index (κ3) is 3.86. The largest absolute Gasteiger partial charge is 0.484 e. The molecule has 0 bridgehead atoms. The Labute approximate surface area is 157 Å². The first-order chi connectivity index (χ1) is 13.1. The monoisotopic (exact) mass is 366 g/mol. The summed E-state index contributed by atoms with van der Waals surface area (Å²) in [5.41, 5.74) is 9.07. The lowest BCUT2D eigenvalue weighted by molar-refractivity contribution is -0.122. The van der Waals surface area contributed by atoms with Gasteiger partial charge in [-0.25, -0.2) is 9.97 Å². The van der Waals surface area contributed by atoms with Gasteiger partial charge < -0.3 is 9.15 Å². The minimum Gasteiger partial charge on any atom is -0.484 e. The number of anilines is 1. The Kier molecular flexibility index (Phi) is 4.66. The maximum Gasteiger partial charge on any atom is 0.276 e. The number of hydrogen-bond donors (Lipinski definition) is 2. The molecule has 4 rings (SSSR count). The molecule has 0 saturated heterocycles. The maximum atomic E-state index is 12.0. The first-order valence-electron chi connectivity index (χ1n) is 9.13. The van der Waals surface area contributed by atoms with E-state index in [4.69, 9.17) is 9.15 Å². The SMILES string of the molecule is Cc1cc(C)nc(NNC(=O)COc2ccc3oc4c(c3c2)CCCC4)n1. The fourth-order valence-electron chi connectivity index (χ4n) is 3.42. The Morgan fingerprint density at radius 1 is 1.15 bits per heavy atom. The summed E-state index contributed by atoms with van der Waals surface area (Å²) in [7, 11) is 0. The van der Waals surface area contributed by atoms with Crippen molar-refractivity contribution in [3.05, 3.63) is 47.0 Å². The van der Waals surface area contributed by atoms with Crippen molar-refractivity contribution in [3.63, 3.8) is 0 Å². The van der Waals surface area contributed by atoms with E-state index in [9.17, 15) is 4.79 Å². The topological polar surface area (TPSA) is 89.3 Å². The van der Waals surface area contributed by atoms with Gasteiger partial charge in [-0.05, 0) is 57.4 Å². The van der Waals surface area contributed by atoms with Gasteiger partial charge in [-0.3, -0.25) is 15.6 Å². The molecule has 1 aliphatic carbocycles. The molecule has 0 aliphatic heterocycles. The third-order valence-corrected chi connectivity index (χ3v) is 4.59. The molecule has 1 aromatic carbocycles. The van der Waals surface area contributed by atoms with Gasteiger partial charge in [0, 0.05) is 28.8 Å². The number of hydrogen-bond acceptors (Lipinski definition) is 6. The molecular weight excluding hydrogens is 344 g/mol. The normalized spacial score (nSPS) is 13.3. The van der Waals surface area contributed by atoms with Crippen molar-refractivity contribution < 1.29 is 13.9 Å². The Morgan fingerprint density at radius 3 is 2.74 bits per heavy atom. The highest BCUT2D eigenvalue weighted by Gasteiger charge is 2.18. The van der Waals surface area contributed by atoms with Crippen LogP contribution >= 0.6 is 0 Å². The number of furan rings is 1. The van der Waals surface area contributed by atoms with Crippen molar-refractivity contribution in [2.75, 3.05) is 12.0 Å². The standard InChI is InChI=1S/C20H22N4O3/c1-12-9-13(2)22-20(21-12)24-23-19(25)11-26-14-7-8-18-16(10-14)15-5-3-4-6-17(15)27-18/h7-10H,3-6,11H2,1-2H3,(H,23,25)(H,21,22,24). The van der Waals surface area contributed by atoms with Crippen LogP contribution in [0.2, 0.25) is 0 Å². The van der Waals surface area contributed by atoms with Gasteiger partial charge in [-0.2, -0.15) is 0 Å². The number of aryl methyl sites for hydroxylation is 4. The average molecular weight is 366 g/mol. The highest BCUT2D eigenvalue weighted by atomic mass is 16.5. The van der Waals surface area contributed by atoms with E-state index in [1.807, 2.05) is 38.1 Å². The van der Waals surface area contributed by atoms with Crippen LogP contribution in [0.1, 0.15) is 35.6 Å². The van der Waals surface area contributed by atoms with Gasteiger partial charge in [0.2, 0.25) is 5.95 Å². The lowest BCUT2D eigenvalue weighted by atomic mass is 9.96. The van der Waals surface area contributed by atoms with Crippen molar-refractivity contribution >= 4 is 22.8 Å². The molecule has 27 heavy (non-hydrogen) atoms. The minimum absolute atomic E-state index is 0.108. The second-order valence-corrected chi connectivity index (χ2v) is 6.81. The molecule has 0 spiro atoms. The number of rotatable bonds is 5. The molecule has 0 radical (unpaired) electrons. The minimum atomic E-state index is -0.313. The molecule has 0 atom stereocenters. The van der Waals surface area contributed by atoms with Crippen molar-refractivity contribution in [1.29, 1.82) is 0 Å². The summed E-state index contributed by atoms with van der Waals surface area (Å²) in [5, 5.41) is 1.09. The van der Waals surface area contributed by atoms with Crippen LogP contribution in [0, 0.1) is 13.8 Å². The molecule has 7 heteroatoms. The summed E-state index contributed by atoms with van der Waals surface area (Å²) < 4.78 is 11.6. The van der Waals surface area contributed by atoms with E-state index in [-0.39, 0.29) is 12.5 Å². The van der Waals surface area contributed by atoms with Crippen LogP contribution in [0.5, 0.6) is 5.75 Å². The zero-order chi connectivity index (χ0) is 18.8. The summed E-state index contributed by atoms with van der Waals surface area (Å²) in [5.74, 6) is 1.78. The molecule has 2 N–H and O–H groups in total. The van der Waals surface area contributed by atoms with E-state index >= 15 is 0 Å². The fraction of sp³-hybridized carbons (Fsp3) is 0.350. The smallest absolute Gasteiger partial charge is 0.276 e. The van der Waals surface area contributed by atoms with Crippen LogP contribution in [0.25, 0.3) is 11.0 Å². The van der Waals surface area contributed by atoms with Crippen molar-refractivity contribution in [2.24, 2.45) is 0 Å². The summed E-state index contributed by atoms with van der Waals surface area (Å²) in [4.78, 5) is 20.4. The summed E-state index contributed by atoms with van der Waals surface area (Å²) in [6.45, 7) is 3.63. The lowest BCUT2D eigenvalue weighted by Crippen LogP contribution is -2.34. The Balaban J connectivity index is 1.37. The van der Waals surface area contributed by atoms with E-state index < -0.39 is 0 Å². The molecule has 1 aliphatic rings. The van der Waals surface area contributed by atoms with E-state index in [2.05, 4.69) is 20.8 Å². The predicted molar refractivity (Wildman–Crippen MR) is 102 cm³/mol. The molecule has 3 aromatic rings. The molecule has 2 aromatic heterocycles. The van der Waals surface area contributed by atoms with E-state index in [0.29, 0.717) is 11.7 Å². The number of aromatic nitrogens is 2. The highest BCUT2D eigenvalue weighted by molar-refractivity contribution is 5.84. The Hall–Kier alpha value is -3.09. The number of carbonyl (C=O) groups excluding carboxylic acids is 1. The fourth-order valence-corrected chi connectivity index (χ4v) is 3.42. The third-order valence-electron chi connectivity index (χ3n) is 4.59. The van der Waals surface area contributed by atoms with Crippen molar-refractivity contribution in [3.8, 4) is 5.75 Å². The molecule has 1 amide bonds. The Bertz CT molecular complexity index is 976. The molecule has 7 nitrogen and oxygen atoms in total. The van der Waals surface area contributed by atoms with Gasteiger partial charge >= 0.3 is 0 Å². The number of ether oxygens (including phenoxy) is 1.